The number of aromatic hydroxyl groups is 1. The molecule has 0 radical (unpaired) electrons. The Hall–Kier alpha value is -3.33. The molecule has 8 nitrogen and oxygen atoms in total. The van der Waals surface area contributed by atoms with E-state index in [1.807, 2.05) is 0 Å². The van der Waals surface area contributed by atoms with Gasteiger partial charge in [-0.1, -0.05) is 6.08 Å². The number of aliphatic imine (C=N–C) groups is 2. The smallest absolute Gasteiger partial charge is 0.258 e. The number of hydrogen-bond acceptors (Lipinski definition) is 5. The maximum Gasteiger partial charge on any atom is 0.258 e. The molecular weight excluding hydrogens is 365 g/mol. The van der Waals surface area contributed by atoms with Gasteiger partial charge in [0.05, 0.1) is 17.9 Å². The zero-order chi connectivity index (χ0) is 20.3. The molecule has 1 amide bonds. The number of amides is 1. The first-order chi connectivity index (χ1) is 13.2. The lowest BCUT2D eigenvalue weighted by Crippen LogP contribution is -2.33. The van der Waals surface area contributed by atoms with Gasteiger partial charge in [-0.25, -0.2) is 9.38 Å². The van der Waals surface area contributed by atoms with Crippen LogP contribution in [-0.2, 0) is 0 Å². The second kappa shape index (κ2) is 7.73. The summed E-state index contributed by atoms with van der Waals surface area (Å²) in [6.07, 6.45) is 3.08. The number of halogens is 1. The molecular formula is C19H20FN5O3. The Morgan fingerprint density at radius 3 is 2.75 bits per heavy atom. The second-order valence-corrected chi connectivity index (χ2v) is 6.94. The molecule has 1 aromatic carbocycles. The standard InChI is InChI=1S/C19H20FN5O3/c1-19(2,28)10-21-18(23-17(27)11-3-6-13(26)7-4-11)22-16-14-8-5-12(20)9-15(14)24-25-16/h3-4,6-9,26,28H,5,10H2,1-2H3,(H2,21,22,23,25,27). The number of carbonyl (C=O) groups excluding carboxylic acids is 1. The van der Waals surface area contributed by atoms with Gasteiger partial charge in [0.25, 0.3) is 5.91 Å². The number of fused-ring (bicyclic) bond motifs is 1. The van der Waals surface area contributed by atoms with Crippen molar-refractivity contribution in [1.29, 1.82) is 0 Å². The SMILES string of the molecule is CC(C)(O)CN=C(N=C1NN=C2C=C(F)CC=C21)NC(=O)c1ccc(O)cc1. The third-order valence-electron chi connectivity index (χ3n) is 3.80. The van der Waals surface area contributed by atoms with Crippen molar-refractivity contribution in [2.24, 2.45) is 15.1 Å². The van der Waals surface area contributed by atoms with Crippen molar-refractivity contribution in [3.05, 3.63) is 53.4 Å². The van der Waals surface area contributed by atoms with Gasteiger partial charge >= 0.3 is 0 Å². The van der Waals surface area contributed by atoms with Crippen LogP contribution in [0.15, 0.2) is 62.9 Å². The summed E-state index contributed by atoms with van der Waals surface area (Å²) in [6.45, 7) is 3.15. The van der Waals surface area contributed by atoms with Crippen LogP contribution >= 0.6 is 0 Å². The molecule has 1 aliphatic carbocycles. The molecule has 28 heavy (non-hydrogen) atoms. The van der Waals surface area contributed by atoms with Gasteiger partial charge in [0.1, 0.15) is 11.6 Å². The molecule has 0 aromatic heterocycles. The average molecular weight is 385 g/mol. The molecule has 0 atom stereocenters. The molecule has 0 fully saturated rings. The lowest BCUT2D eigenvalue weighted by Gasteiger charge is -2.14. The summed E-state index contributed by atoms with van der Waals surface area (Å²) in [6, 6.07) is 5.69. The maximum atomic E-state index is 13.4. The Morgan fingerprint density at radius 1 is 1.36 bits per heavy atom. The molecule has 0 spiro atoms. The zero-order valence-electron chi connectivity index (χ0n) is 15.4. The van der Waals surface area contributed by atoms with Crippen LogP contribution in [0, 0.1) is 0 Å². The number of carbonyl (C=O) groups is 1. The van der Waals surface area contributed by atoms with E-state index in [1.165, 1.54) is 30.3 Å². The van der Waals surface area contributed by atoms with Crippen LogP contribution in [0.4, 0.5) is 4.39 Å². The number of rotatable bonds is 3. The monoisotopic (exact) mass is 385 g/mol. The molecule has 1 heterocycles. The quantitative estimate of drug-likeness (QED) is 0.468. The van der Waals surface area contributed by atoms with E-state index >= 15 is 0 Å². The van der Waals surface area contributed by atoms with E-state index in [2.05, 4.69) is 25.8 Å². The highest BCUT2D eigenvalue weighted by Gasteiger charge is 2.24. The molecule has 146 valence electrons. The van der Waals surface area contributed by atoms with Crippen molar-refractivity contribution in [2.45, 2.75) is 25.9 Å². The number of nitrogens with zero attached hydrogens (tertiary/aromatic N) is 3. The fourth-order valence-electron chi connectivity index (χ4n) is 2.42. The molecule has 0 saturated carbocycles. The van der Waals surface area contributed by atoms with Gasteiger partial charge in [0, 0.05) is 17.6 Å². The first-order valence-corrected chi connectivity index (χ1v) is 8.58. The molecule has 3 rings (SSSR count). The molecule has 0 saturated heterocycles. The van der Waals surface area contributed by atoms with Gasteiger partial charge in [-0.2, -0.15) is 10.1 Å². The van der Waals surface area contributed by atoms with Crippen molar-refractivity contribution in [1.82, 2.24) is 10.7 Å². The number of benzene rings is 1. The fourth-order valence-corrected chi connectivity index (χ4v) is 2.42. The molecule has 4 N–H and O–H groups in total. The van der Waals surface area contributed by atoms with E-state index in [1.54, 1.807) is 19.9 Å². The summed E-state index contributed by atoms with van der Waals surface area (Å²) >= 11 is 0. The van der Waals surface area contributed by atoms with E-state index in [4.69, 9.17) is 0 Å². The number of aliphatic hydroxyl groups is 1. The zero-order valence-corrected chi connectivity index (χ0v) is 15.4. The van der Waals surface area contributed by atoms with Gasteiger partial charge in [0.15, 0.2) is 5.84 Å². The summed E-state index contributed by atoms with van der Waals surface area (Å²) < 4.78 is 13.4. The van der Waals surface area contributed by atoms with Crippen molar-refractivity contribution in [2.75, 3.05) is 6.54 Å². The third kappa shape index (κ3) is 4.89. The van der Waals surface area contributed by atoms with E-state index < -0.39 is 11.5 Å². The first-order valence-electron chi connectivity index (χ1n) is 8.58. The fraction of sp³-hybridized carbons (Fsp3) is 0.263. The van der Waals surface area contributed by atoms with Crippen molar-refractivity contribution in [3.8, 4) is 5.75 Å². The number of nitrogens with one attached hydrogen (secondary N) is 2. The molecule has 2 aliphatic rings. The van der Waals surface area contributed by atoms with Crippen molar-refractivity contribution in [3.63, 3.8) is 0 Å². The Bertz CT molecular complexity index is 937. The van der Waals surface area contributed by atoms with Gasteiger partial charge < -0.3 is 10.2 Å². The number of phenols is 1. The highest BCUT2D eigenvalue weighted by atomic mass is 19.1. The van der Waals surface area contributed by atoms with E-state index in [-0.39, 0.29) is 30.5 Å². The highest BCUT2D eigenvalue weighted by Crippen LogP contribution is 2.20. The average Bonchev–Trinajstić information content (AvgIpc) is 3.01. The largest absolute Gasteiger partial charge is 0.508 e. The van der Waals surface area contributed by atoms with Crippen LogP contribution in [0.3, 0.4) is 0 Å². The number of phenolic OH excluding ortho intramolecular Hbond substituents is 1. The Kier molecular flexibility index (Phi) is 5.36. The number of allylic oxidation sites excluding steroid dienone is 3. The van der Waals surface area contributed by atoms with Crippen molar-refractivity contribution < 1.29 is 19.4 Å². The summed E-state index contributed by atoms with van der Waals surface area (Å²) in [5.74, 6) is -0.463. The van der Waals surface area contributed by atoms with E-state index in [9.17, 15) is 19.4 Å². The lowest BCUT2D eigenvalue weighted by atomic mass is 10.0. The number of guanidine groups is 1. The number of amidine groups is 1. The van der Waals surface area contributed by atoms with Gasteiger partial charge in [-0.15, -0.1) is 0 Å². The van der Waals surface area contributed by atoms with Crippen LogP contribution < -0.4 is 10.7 Å². The summed E-state index contributed by atoms with van der Waals surface area (Å²) in [5.41, 5.74) is 2.91. The predicted molar refractivity (Wildman–Crippen MR) is 104 cm³/mol. The molecule has 1 aliphatic heterocycles. The molecule has 0 bridgehead atoms. The third-order valence-corrected chi connectivity index (χ3v) is 3.80. The van der Waals surface area contributed by atoms with Crippen molar-refractivity contribution >= 4 is 23.4 Å². The van der Waals surface area contributed by atoms with Crippen LogP contribution in [0.5, 0.6) is 5.75 Å². The van der Waals surface area contributed by atoms with Crippen LogP contribution in [0.2, 0.25) is 0 Å². The maximum absolute atomic E-state index is 13.4. The van der Waals surface area contributed by atoms with E-state index in [0.717, 1.165) is 0 Å². The predicted octanol–water partition coefficient (Wildman–Crippen LogP) is 1.79. The summed E-state index contributed by atoms with van der Waals surface area (Å²) in [5, 5.41) is 25.9. The number of hydrazone groups is 1. The second-order valence-electron chi connectivity index (χ2n) is 6.94. The minimum atomic E-state index is -1.10. The molecule has 9 heteroatoms. The van der Waals surface area contributed by atoms with Crippen LogP contribution in [0.25, 0.3) is 0 Å². The minimum Gasteiger partial charge on any atom is -0.508 e. The van der Waals surface area contributed by atoms with Crippen LogP contribution in [-0.4, -0.2) is 45.8 Å². The Morgan fingerprint density at radius 2 is 2.07 bits per heavy atom. The van der Waals surface area contributed by atoms with Gasteiger partial charge in [-0.3, -0.25) is 15.5 Å². The normalized spacial score (nSPS) is 18.1. The Balaban J connectivity index is 1.84. The lowest BCUT2D eigenvalue weighted by molar-refractivity contribution is 0.0897. The highest BCUT2D eigenvalue weighted by molar-refractivity contribution is 6.32. The van der Waals surface area contributed by atoms with E-state index in [0.29, 0.717) is 22.7 Å². The Labute approximate surface area is 160 Å². The minimum absolute atomic E-state index is 0.00371. The topological polar surface area (TPSA) is 119 Å². The summed E-state index contributed by atoms with van der Waals surface area (Å²) in [4.78, 5) is 20.9. The summed E-state index contributed by atoms with van der Waals surface area (Å²) in [7, 11) is 0. The molecule has 0 unspecified atom stereocenters. The van der Waals surface area contributed by atoms with Gasteiger partial charge in [0.2, 0.25) is 5.96 Å². The van der Waals surface area contributed by atoms with Crippen LogP contribution in [0.1, 0.15) is 30.6 Å². The van der Waals surface area contributed by atoms with Gasteiger partial charge in [-0.05, 0) is 44.2 Å². The first kappa shape index (κ1) is 19.4. The number of hydrogen-bond donors (Lipinski definition) is 4. The molecule has 1 aromatic rings.